The Morgan fingerprint density at radius 1 is 1.06 bits per heavy atom. The summed E-state index contributed by atoms with van der Waals surface area (Å²) in [5.41, 5.74) is 5.10. The van der Waals surface area contributed by atoms with Crippen LogP contribution in [0.25, 0.3) is 11.1 Å². The summed E-state index contributed by atoms with van der Waals surface area (Å²) < 4.78 is 45.3. The highest BCUT2D eigenvalue weighted by molar-refractivity contribution is 6.09. The number of rotatable bonds is 5. The van der Waals surface area contributed by atoms with Gasteiger partial charge in [0.2, 0.25) is 0 Å². The molecule has 11 heteroatoms. The van der Waals surface area contributed by atoms with Crippen molar-refractivity contribution in [2.45, 2.75) is 12.0 Å². The highest BCUT2D eigenvalue weighted by Crippen LogP contribution is 2.42. The molecule has 1 aliphatic heterocycles. The second kappa shape index (κ2) is 7.91. The van der Waals surface area contributed by atoms with Crippen molar-refractivity contribution in [2.75, 3.05) is 14.2 Å². The molecular weight excluding hydrogens is 425 g/mol. The number of methoxy groups -OCH3 is 1. The Labute approximate surface area is 180 Å². The van der Waals surface area contributed by atoms with Crippen molar-refractivity contribution >= 4 is 11.9 Å². The second-order valence-electron chi connectivity index (χ2n) is 7.01. The second-order valence-corrected chi connectivity index (χ2v) is 7.01. The molecule has 0 radical (unpaired) electrons. The van der Waals surface area contributed by atoms with Crippen molar-refractivity contribution in [3.05, 3.63) is 71.8 Å². The van der Waals surface area contributed by atoms with E-state index in [1.54, 1.807) is 18.2 Å². The Bertz CT molecular complexity index is 1220. The zero-order chi connectivity index (χ0) is 23.0. The van der Waals surface area contributed by atoms with Crippen LogP contribution in [0.4, 0.5) is 13.2 Å². The Kier molecular flexibility index (Phi) is 5.25. The van der Waals surface area contributed by atoms with Gasteiger partial charge in [-0.25, -0.2) is 23.7 Å². The molecule has 8 nitrogen and oxygen atoms in total. The Morgan fingerprint density at radius 3 is 2.38 bits per heavy atom. The van der Waals surface area contributed by atoms with Gasteiger partial charge >= 0.3 is 6.08 Å². The van der Waals surface area contributed by atoms with Crippen molar-refractivity contribution in [2.24, 2.45) is 10.7 Å². The van der Waals surface area contributed by atoms with Gasteiger partial charge in [-0.2, -0.15) is 4.39 Å². The van der Waals surface area contributed by atoms with E-state index in [1.807, 2.05) is 0 Å². The number of amides is 1. The van der Waals surface area contributed by atoms with Crippen LogP contribution in [0.2, 0.25) is 0 Å². The van der Waals surface area contributed by atoms with Gasteiger partial charge < -0.3 is 10.5 Å². The molecular formula is C21H17F3N6O2. The predicted molar refractivity (Wildman–Crippen MR) is 108 cm³/mol. The number of hydrogen-bond donors (Lipinski definition) is 1. The molecule has 0 fully saturated rings. The summed E-state index contributed by atoms with van der Waals surface area (Å²) in [4.78, 5) is 29.7. The summed E-state index contributed by atoms with van der Waals surface area (Å²) in [6, 6.07) is 7.36. The molecule has 3 aromatic rings. The Hall–Kier alpha value is -4.02. The molecule has 1 unspecified atom stereocenters. The van der Waals surface area contributed by atoms with Gasteiger partial charge in [0.1, 0.15) is 11.4 Å². The van der Waals surface area contributed by atoms with Crippen LogP contribution in [0, 0.1) is 6.08 Å². The predicted octanol–water partition coefficient (Wildman–Crippen LogP) is 2.65. The largest absolute Gasteiger partial charge is 0.497 e. The van der Waals surface area contributed by atoms with E-state index in [0.29, 0.717) is 22.4 Å². The molecule has 0 saturated carbocycles. The van der Waals surface area contributed by atoms with Gasteiger partial charge in [-0.3, -0.25) is 14.7 Å². The highest BCUT2D eigenvalue weighted by atomic mass is 19.3. The fourth-order valence-corrected chi connectivity index (χ4v) is 3.53. The summed E-state index contributed by atoms with van der Waals surface area (Å²) in [6.45, 7) is 0. The zero-order valence-electron chi connectivity index (χ0n) is 17.0. The van der Waals surface area contributed by atoms with Gasteiger partial charge in [-0.15, -0.1) is 0 Å². The minimum Gasteiger partial charge on any atom is -0.497 e. The first-order chi connectivity index (χ1) is 15.3. The van der Waals surface area contributed by atoms with Crippen LogP contribution in [0.1, 0.15) is 23.2 Å². The number of aliphatic imine (C=N–C) groups is 1. The van der Waals surface area contributed by atoms with Gasteiger partial charge in [0.15, 0.2) is 11.5 Å². The van der Waals surface area contributed by atoms with Gasteiger partial charge in [0.05, 0.1) is 7.11 Å². The third-order valence-corrected chi connectivity index (χ3v) is 5.18. The molecule has 0 bridgehead atoms. The van der Waals surface area contributed by atoms with Crippen molar-refractivity contribution in [1.82, 2.24) is 19.9 Å². The van der Waals surface area contributed by atoms with Gasteiger partial charge in [0, 0.05) is 31.2 Å². The number of nitrogens with zero attached hydrogens (tertiary/aromatic N) is 5. The summed E-state index contributed by atoms with van der Waals surface area (Å²) in [6.07, 6.45) is -0.0101. The average molecular weight is 442 g/mol. The first-order valence-electron chi connectivity index (χ1n) is 9.32. The van der Waals surface area contributed by atoms with Crippen molar-refractivity contribution in [3.63, 3.8) is 0 Å². The standard InChI is InChI=1S/C21H17F3N6O2/c1-30-18(31)21(29-20(30)25,13-3-4-26-16(8-13)17(22)23)14-5-11(6-15(7-14)32-2)12-9-27-19(24)28-10-12/h3-10,17H,1-2H3,(H2,25,29). The molecule has 164 valence electrons. The quantitative estimate of drug-likeness (QED) is 0.609. The SMILES string of the molecule is COc1cc(-c2cnc(F)nc2)cc(C2(c3ccnc(C(F)F)c3)N=C(N)N(C)C2=O)c1. The number of benzene rings is 1. The summed E-state index contributed by atoms with van der Waals surface area (Å²) >= 11 is 0. The van der Waals surface area contributed by atoms with Crippen molar-refractivity contribution in [1.29, 1.82) is 0 Å². The third-order valence-electron chi connectivity index (χ3n) is 5.18. The number of guanidine groups is 1. The molecule has 4 rings (SSSR count). The highest BCUT2D eigenvalue weighted by Gasteiger charge is 2.50. The van der Waals surface area contributed by atoms with Crippen molar-refractivity contribution in [3.8, 4) is 16.9 Å². The van der Waals surface area contributed by atoms with Gasteiger partial charge in [0.25, 0.3) is 12.3 Å². The molecule has 1 amide bonds. The first-order valence-corrected chi connectivity index (χ1v) is 9.32. The number of likely N-dealkylation sites (N-methyl/N-ethyl adjacent to an activating group) is 1. The number of nitrogens with two attached hydrogens (primary N) is 1. The molecule has 1 atom stereocenters. The fourth-order valence-electron chi connectivity index (χ4n) is 3.53. The maximum atomic E-state index is 13.4. The van der Waals surface area contributed by atoms with E-state index in [9.17, 15) is 18.0 Å². The number of carbonyl (C=O) groups is 1. The number of alkyl halides is 2. The van der Waals surface area contributed by atoms with E-state index in [4.69, 9.17) is 10.5 Å². The molecule has 2 N–H and O–H groups in total. The van der Waals surface area contributed by atoms with Crippen LogP contribution in [0.15, 0.2) is 53.9 Å². The number of aromatic nitrogens is 3. The minimum absolute atomic E-state index is 0.0834. The van der Waals surface area contributed by atoms with Gasteiger partial charge in [-0.05, 0) is 47.0 Å². The van der Waals surface area contributed by atoms with Crippen LogP contribution >= 0.6 is 0 Å². The first kappa shape index (κ1) is 21.2. The number of halogens is 3. The fraction of sp³-hybridized carbons (Fsp3) is 0.190. The number of ether oxygens (including phenoxy) is 1. The lowest BCUT2D eigenvalue weighted by Crippen LogP contribution is -2.41. The van der Waals surface area contributed by atoms with Crippen LogP contribution in [-0.4, -0.2) is 45.9 Å². The molecule has 0 saturated heterocycles. The number of hydrogen-bond acceptors (Lipinski definition) is 7. The minimum atomic E-state index is -2.85. The molecule has 1 aromatic carbocycles. The molecule has 2 aromatic heterocycles. The number of pyridine rings is 1. The lowest BCUT2D eigenvalue weighted by molar-refractivity contribution is -0.129. The zero-order valence-corrected chi connectivity index (χ0v) is 17.0. The molecule has 0 aliphatic carbocycles. The Morgan fingerprint density at radius 2 is 1.78 bits per heavy atom. The summed E-state index contributed by atoms with van der Waals surface area (Å²) in [7, 11) is 2.87. The molecule has 3 heterocycles. The van der Waals surface area contributed by atoms with Crippen LogP contribution in [0.3, 0.4) is 0 Å². The Balaban J connectivity index is 1.99. The van der Waals surface area contributed by atoms with E-state index in [2.05, 4.69) is 19.9 Å². The van der Waals surface area contributed by atoms with Crippen molar-refractivity contribution < 1.29 is 22.7 Å². The monoisotopic (exact) mass is 442 g/mol. The van der Waals surface area contributed by atoms with E-state index < -0.39 is 29.6 Å². The van der Waals surface area contributed by atoms with Crippen LogP contribution in [-0.2, 0) is 10.3 Å². The van der Waals surface area contributed by atoms with Crippen LogP contribution in [0.5, 0.6) is 5.75 Å². The maximum absolute atomic E-state index is 13.4. The van der Waals surface area contributed by atoms with E-state index >= 15 is 0 Å². The lowest BCUT2D eigenvalue weighted by atomic mass is 9.81. The van der Waals surface area contributed by atoms with Crippen LogP contribution < -0.4 is 10.5 Å². The third kappa shape index (κ3) is 3.41. The van der Waals surface area contributed by atoms with Gasteiger partial charge in [-0.1, -0.05) is 0 Å². The average Bonchev–Trinajstić information content (AvgIpc) is 3.04. The van der Waals surface area contributed by atoms with E-state index in [-0.39, 0.29) is 11.5 Å². The summed E-state index contributed by atoms with van der Waals surface area (Å²) in [5.74, 6) is -0.281. The maximum Gasteiger partial charge on any atom is 0.308 e. The normalized spacial score (nSPS) is 18.2. The van der Waals surface area contributed by atoms with E-state index in [1.165, 1.54) is 38.8 Å². The lowest BCUT2D eigenvalue weighted by Gasteiger charge is -2.27. The number of carbonyl (C=O) groups excluding carboxylic acids is 1. The molecule has 32 heavy (non-hydrogen) atoms. The smallest absolute Gasteiger partial charge is 0.308 e. The topological polar surface area (TPSA) is 107 Å². The molecule has 0 spiro atoms. The van der Waals surface area contributed by atoms with E-state index in [0.717, 1.165) is 11.0 Å². The molecule has 1 aliphatic rings. The summed E-state index contributed by atoms with van der Waals surface area (Å²) in [5, 5.41) is 0.